The molecule has 0 fully saturated rings. The maximum atomic E-state index is 12.3. The number of anilines is 1. The first-order chi connectivity index (χ1) is 12.1. The lowest BCUT2D eigenvalue weighted by molar-refractivity contribution is -0.121. The molecule has 7 heteroatoms. The maximum absolute atomic E-state index is 12.3. The quantitative estimate of drug-likeness (QED) is 0.717. The molecule has 0 saturated carbocycles. The van der Waals surface area contributed by atoms with Crippen LogP contribution in [0.4, 0.5) is 5.69 Å². The van der Waals surface area contributed by atoms with E-state index in [2.05, 4.69) is 10.1 Å². The zero-order valence-corrected chi connectivity index (χ0v) is 14.2. The first kappa shape index (κ1) is 15.7. The van der Waals surface area contributed by atoms with Crippen LogP contribution in [-0.4, -0.2) is 22.7 Å². The highest BCUT2D eigenvalue weighted by Gasteiger charge is 2.27. The van der Waals surface area contributed by atoms with Gasteiger partial charge < -0.3 is 9.26 Å². The molecule has 0 unspecified atom stereocenters. The number of rotatable bonds is 3. The Labute approximate surface area is 149 Å². The van der Waals surface area contributed by atoms with E-state index < -0.39 is 0 Å². The summed E-state index contributed by atoms with van der Waals surface area (Å²) in [5, 5.41) is 4.51. The molecule has 0 spiro atoms. The minimum absolute atomic E-state index is 0.0123. The Morgan fingerprint density at radius 2 is 2.08 bits per heavy atom. The largest absolute Gasteiger partial charge is 0.482 e. The molecule has 0 radical (unpaired) electrons. The van der Waals surface area contributed by atoms with Gasteiger partial charge in [0.1, 0.15) is 12.3 Å². The highest BCUT2D eigenvalue weighted by atomic mass is 35.5. The van der Waals surface area contributed by atoms with Crippen LogP contribution in [0.5, 0.6) is 5.75 Å². The van der Waals surface area contributed by atoms with E-state index >= 15 is 0 Å². The molecule has 126 valence electrons. The van der Waals surface area contributed by atoms with Crippen molar-refractivity contribution in [1.29, 1.82) is 0 Å². The second kappa shape index (κ2) is 6.22. The number of benzene rings is 2. The molecule has 2 heterocycles. The van der Waals surface area contributed by atoms with Crippen molar-refractivity contribution in [3.63, 3.8) is 0 Å². The molecule has 0 saturated heterocycles. The van der Waals surface area contributed by atoms with E-state index in [9.17, 15) is 4.79 Å². The normalized spacial score (nSPS) is 13.5. The molecule has 3 aromatic rings. The summed E-state index contributed by atoms with van der Waals surface area (Å²) in [4.78, 5) is 18.3. The number of hydrogen-bond acceptors (Lipinski definition) is 5. The molecule has 1 aromatic heterocycles. The van der Waals surface area contributed by atoms with Crippen LogP contribution in [0.3, 0.4) is 0 Å². The number of aromatic nitrogens is 2. The lowest BCUT2D eigenvalue weighted by Crippen LogP contribution is -2.38. The summed E-state index contributed by atoms with van der Waals surface area (Å²) < 4.78 is 10.8. The topological polar surface area (TPSA) is 68.5 Å². The lowest BCUT2D eigenvalue weighted by atomic mass is 10.1. The number of halogens is 1. The second-order valence-corrected chi connectivity index (χ2v) is 6.14. The van der Waals surface area contributed by atoms with Crippen molar-refractivity contribution in [1.82, 2.24) is 10.1 Å². The van der Waals surface area contributed by atoms with Crippen LogP contribution >= 0.6 is 11.6 Å². The SMILES string of the molecule is Cc1ccc2c(c1)N(Cc1nc(-c3ccccc3Cl)no1)C(=O)CO2. The summed E-state index contributed by atoms with van der Waals surface area (Å²) in [7, 11) is 0. The van der Waals surface area contributed by atoms with E-state index in [-0.39, 0.29) is 19.1 Å². The van der Waals surface area contributed by atoms with Gasteiger partial charge >= 0.3 is 0 Å². The van der Waals surface area contributed by atoms with E-state index in [1.807, 2.05) is 43.3 Å². The third-order valence-corrected chi connectivity index (χ3v) is 4.26. The van der Waals surface area contributed by atoms with Crippen LogP contribution in [0.15, 0.2) is 47.0 Å². The molecule has 25 heavy (non-hydrogen) atoms. The molecule has 6 nitrogen and oxygen atoms in total. The fourth-order valence-electron chi connectivity index (χ4n) is 2.69. The average Bonchev–Trinajstić information content (AvgIpc) is 3.06. The van der Waals surface area contributed by atoms with E-state index in [0.29, 0.717) is 33.7 Å². The van der Waals surface area contributed by atoms with E-state index in [4.69, 9.17) is 20.9 Å². The molecule has 0 bridgehead atoms. The Bertz CT molecular complexity index is 954. The Morgan fingerprint density at radius 3 is 2.92 bits per heavy atom. The summed E-state index contributed by atoms with van der Waals surface area (Å²) in [5.41, 5.74) is 2.42. The molecule has 1 aliphatic heterocycles. The Balaban J connectivity index is 1.64. The first-order valence-electron chi connectivity index (χ1n) is 7.73. The summed E-state index contributed by atoms with van der Waals surface area (Å²) >= 11 is 6.16. The number of aryl methyl sites for hydroxylation is 1. The fraction of sp³-hybridized carbons (Fsp3) is 0.167. The predicted molar refractivity (Wildman–Crippen MR) is 92.6 cm³/mol. The summed E-state index contributed by atoms with van der Waals surface area (Å²) in [6.07, 6.45) is 0. The van der Waals surface area contributed by atoms with Crippen LogP contribution in [0, 0.1) is 6.92 Å². The molecule has 2 aromatic carbocycles. The van der Waals surface area contributed by atoms with Crippen molar-refractivity contribution < 1.29 is 14.1 Å². The van der Waals surface area contributed by atoms with Crippen LogP contribution in [0.2, 0.25) is 5.02 Å². The molecule has 1 aliphatic rings. The predicted octanol–water partition coefficient (Wildman–Crippen LogP) is 3.62. The monoisotopic (exact) mass is 355 g/mol. The number of ether oxygens (including phenoxy) is 1. The third kappa shape index (κ3) is 2.96. The fourth-order valence-corrected chi connectivity index (χ4v) is 2.91. The highest BCUT2D eigenvalue weighted by Crippen LogP contribution is 2.34. The lowest BCUT2D eigenvalue weighted by Gasteiger charge is -2.28. The van der Waals surface area contributed by atoms with Gasteiger partial charge in [-0.2, -0.15) is 4.98 Å². The van der Waals surface area contributed by atoms with Gasteiger partial charge in [-0.05, 0) is 36.8 Å². The molecule has 0 N–H and O–H groups in total. The second-order valence-electron chi connectivity index (χ2n) is 5.73. The number of carbonyl (C=O) groups is 1. The summed E-state index contributed by atoms with van der Waals surface area (Å²) in [5.74, 6) is 1.23. The van der Waals surface area contributed by atoms with Gasteiger partial charge in [-0.3, -0.25) is 9.69 Å². The van der Waals surface area contributed by atoms with Crippen molar-refractivity contribution in [2.75, 3.05) is 11.5 Å². The molecule has 4 rings (SSSR count). The van der Waals surface area contributed by atoms with Crippen molar-refractivity contribution in [2.45, 2.75) is 13.5 Å². The molecule has 0 atom stereocenters. The van der Waals surface area contributed by atoms with Crippen LogP contribution < -0.4 is 9.64 Å². The Kier molecular flexibility index (Phi) is 3.89. The Hall–Kier alpha value is -2.86. The van der Waals surface area contributed by atoms with Crippen molar-refractivity contribution in [3.8, 4) is 17.1 Å². The van der Waals surface area contributed by atoms with Crippen molar-refractivity contribution >= 4 is 23.2 Å². The number of amides is 1. The van der Waals surface area contributed by atoms with Crippen LogP contribution in [-0.2, 0) is 11.3 Å². The van der Waals surface area contributed by atoms with Crippen molar-refractivity contribution in [2.24, 2.45) is 0 Å². The van der Waals surface area contributed by atoms with Crippen LogP contribution in [0.1, 0.15) is 11.5 Å². The van der Waals surface area contributed by atoms with Gasteiger partial charge in [0.25, 0.3) is 5.91 Å². The zero-order chi connectivity index (χ0) is 17.4. The number of nitrogens with zero attached hydrogens (tertiary/aromatic N) is 3. The average molecular weight is 356 g/mol. The Morgan fingerprint density at radius 1 is 1.24 bits per heavy atom. The van der Waals surface area contributed by atoms with Crippen molar-refractivity contribution in [3.05, 3.63) is 58.9 Å². The standard InChI is InChI=1S/C18H14ClN3O3/c1-11-6-7-15-14(8-11)22(17(23)10-24-15)9-16-20-18(21-25-16)12-4-2-3-5-13(12)19/h2-8H,9-10H2,1H3. The van der Waals surface area contributed by atoms with Gasteiger partial charge in [0.05, 0.1) is 10.7 Å². The zero-order valence-electron chi connectivity index (χ0n) is 13.4. The highest BCUT2D eigenvalue weighted by molar-refractivity contribution is 6.33. The number of fused-ring (bicyclic) bond motifs is 1. The molecule has 1 amide bonds. The minimum Gasteiger partial charge on any atom is -0.482 e. The van der Waals surface area contributed by atoms with Gasteiger partial charge in [0.2, 0.25) is 11.7 Å². The molecule has 0 aliphatic carbocycles. The molecular formula is C18H14ClN3O3. The van der Waals surface area contributed by atoms with Crippen LogP contribution in [0.25, 0.3) is 11.4 Å². The first-order valence-corrected chi connectivity index (χ1v) is 8.11. The third-order valence-electron chi connectivity index (χ3n) is 3.93. The van der Waals surface area contributed by atoms with E-state index in [0.717, 1.165) is 5.56 Å². The number of hydrogen-bond donors (Lipinski definition) is 0. The van der Waals surface area contributed by atoms with E-state index in [1.165, 1.54) is 0 Å². The van der Waals surface area contributed by atoms with Gasteiger partial charge in [0.15, 0.2) is 6.61 Å². The summed E-state index contributed by atoms with van der Waals surface area (Å²) in [6.45, 7) is 2.12. The van der Waals surface area contributed by atoms with Gasteiger partial charge in [0, 0.05) is 5.56 Å². The maximum Gasteiger partial charge on any atom is 0.265 e. The van der Waals surface area contributed by atoms with Gasteiger partial charge in [-0.25, -0.2) is 0 Å². The number of carbonyl (C=O) groups excluding carboxylic acids is 1. The minimum atomic E-state index is -0.157. The smallest absolute Gasteiger partial charge is 0.265 e. The molecular weight excluding hydrogens is 342 g/mol. The van der Waals surface area contributed by atoms with E-state index in [1.54, 1.807) is 11.0 Å². The van der Waals surface area contributed by atoms with Gasteiger partial charge in [-0.15, -0.1) is 0 Å². The summed E-state index contributed by atoms with van der Waals surface area (Å²) in [6, 6.07) is 13.0. The van der Waals surface area contributed by atoms with Gasteiger partial charge in [-0.1, -0.05) is 35.0 Å².